The fourth-order valence-electron chi connectivity index (χ4n) is 7.46. The number of nitriles is 1. The predicted octanol–water partition coefficient (Wildman–Crippen LogP) is 7.55. The number of anilines is 1. The maximum Gasteiger partial charge on any atom is 0.337 e. The van der Waals surface area contributed by atoms with Gasteiger partial charge in [0, 0.05) is 29.1 Å². The molecule has 1 amide bonds. The Morgan fingerprint density at radius 2 is 1.76 bits per heavy atom. The Hall–Kier alpha value is -4.24. The Kier molecular flexibility index (Phi) is 11.0. The molecule has 0 radical (unpaired) electrons. The predicted molar refractivity (Wildman–Crippen MR) is 188 cm³/mol. The number of amides is 1. The van der Waals surface area contributed by atoms with Gasteiger partial charge in [0.05, 0.1) is 55.6 Å². The van der Waals surface area contributed by atoms with Crippen molar-refractivity contribution in [2.75, 3.05) is 33.2 Å². The van der Waals surface area contributed by atoms with Crippen molar-refractivity contribution in [2.45, 2.75) is 57.0 Å². The van der Waals surface area contributed by atoms with Crippen molar-refractivity contribution >= 4 is 46.7 Å². The average molecular weight is 743 g/mol. The molecule has 3 aromatic rings. The highest BCUT2D eigenvalue weighted by atomic mass is 35.5. The number of rotatable bonds is 10. The Labute approximate surface area is 305 Å². The second-order valence-electron chi connectivity index (χ2n) is 14.2. The summed E-state index contributed by atoms with van der Waals surface area (Å²) in [5.41, 5.74) is -2.15. The highest BCUT2D eigenvalue weighted by Crippen LogP contribution is 2.58. The molecule has 51 heavy (non-hydrogen) atoms. The molecule has 6 atom stereocenters. The third kappa shape index (κ3) is 7.27. The molecule has 1 aliphatic carbocycles. The molecule has 1 N–H and O–H groups in total. The van der Waals surface area contributed by atoms with Gasteiger partial charge in [-0.2, -0.15) is 5.26 Å². The van der Waals surface area contributed by atoms with E-state index in [2.05, 4.69) is 11.4 Å². The van der Waals surface area contributed by atoms with E-state index in [1.807, 2.05) is 25.7 Å². The van der Waals surface area contributed by atoms with Crippen LogP contribution in [0.3, 0.4) is 0 Å². The van der Waals surface area contributed by atoms with Gasteiger partial charge in [-0.15, -0.1) is 0 Å². The molecule has 0 bridgehead atoms. The maximum atomic E-state index is 16.4. The Morgan fingerprint density at radius 3 is 2.37 bits per heavy atom. The lowest BCUT2D eigenvalue weighted by atomic mass is 9.62. The number of ether oxygens (including phenoxy) is 3. The number of esters is 2. The first-order valence-electron chi connectivity index (χ1n) is 16.3. The van der Waals surface area contributed by atoms with Gasteiger partial charge >= 0.3 is 11.9 Å². The molecule has 3 aromatic carbocycles. The highest BCUT2D eigenvalue weighted by molar-refractivity contribution is 6.31. The second kappa shape index (κ2) is 14.8. The molecule has 0 spiro atoms. The summed E-state index contributed by atoms with van der Waals surface area (Å²) in [6.45, 7) is 6.00. The molecule has 13 heteroatoms. The number of likely N-dealkylation sites (tertiary alicyclic amines) is 1. The largest absolute Gasteiger partial charge is 0.495 e. The van der Waals surface area contributed by atoms with Gasteiger partial charge in [0.15, 0.2) is 0 Å². The lowest BCUT2D eigenvalue weighted by Crippen LogP contribution is -2.48. The Balaban J connectivity index is 1.79. The van der Waals surface area contributed by atoms with Crippen LogP contribution < -0.4 is 10.1 Å². The first kappa shape index (κ1) is 38.0. The van der Waals surface area contributed by atoms with Crippen molar-refractivity contribution in [3.63, 3.8) is 0 Å². The van der Waals surface area contributed by atoms with E-state index in [1.54, 1.807) is 0 Å². The summed E-state index contributed by atoms with van der Waals surface area (Å²) in [6, 6.07) is 12.8. The average Bonchev–Trinajstić information content (AvgIpc) is 3.81. The quantitative estimate of drug-likeness (QED) is 0.212. The van der Waals surface area contributed by atoms with Crippen molar-refractivity contribution in [2.24, 2.45) is 17.3 Å². The van der Waals surface area contributed by atoms with E-state index < -0.39 is 64.2 Å². The summed E-state index contributed by atoms with van der Waals surface area (Å²) in [6.07, 6.45) is 0.728. The Morgan fingerprint density at radius 1 is 1.04 bits per heavy atom. The second-order valence-corrected chi connectivity index (χ2v) is 15.0. The van der Waals surface area contributed by atoms with Gasteiger partial charge < -0.3 is 19.5 Å². The number of nitrogens with one attached hydrogen (secondary N) is 1. The van der Waals surface area contributed by atoms with Crippen molar-refractivity contribution in [3.05, 3.63) is 93.0 Å². The molecule has 1 saturated carbocycles. The number of hydrogen-bond donors (Lipinski definition) is 1. The van der Waals surface area contributed by atoms with E-state index in [-0.39, 0.29) is 57.1 Å². The molecule has 1 aliphatic heterocycles. The van der Waals surface area contributed by atoms with E-state index in [0.29, 0.717) is 6.42 Å². The normalized spacial score (nSPS) is 24.4. The van der Waals surface area contributed by atoms with Crippen LogP contribution in [0.25, 0.3) is 0 Å². The summed E-state index contributed by atoms with van der Waals surface area (Å²) in [4.78, 5) is 41.6. The smallest absolute Gasteiger partial charge is 0.337 e. The molecule has 2 aliphatic rings. The maximum absolute atomic E-state index is 16.4. The minimum atomic E-state index is -1.88. The van der Waals surface area contributed by atoms with E-state index in [9.17, 15) is 19.6 Å². The highest BCUT2D eigenvalue weighted by Gasteiger charge is 2.66. The van der Waals surface area contributed by atoms with Crippen LogP contribution in [-0.2, 0) is 24.5 Å². The fraction of sp³-hybridized carbons (Fsp3) is 0.421. The standard InChI is InChI=1S/C38H39Cl2F2N3O6/c1-37(2,3)17-30-38(19-43,25-12-11-22(39)16-27(25)41)31(23-8-7-9-26(40)32(23)42)33(45(30)18-21-14-24(21)36(48)51-6)34(46)44-28-13-10-20(35(47)50-5)15-29(28)49-4/h7-13,15-16,21,24,30-31,33H,14,17-18H2,1-6H3,(H,44,46)/t21-,24+,30+,31+,33-,38+/m1/s1. The summed E-state index contributed by atoms with van der Waals surface area (Å²) in [5.74, 6) is -5.26. The number of carbonyl (C=O) groups is 3. The van der Waals surface area contributed by atoms with Gasteiger partial charge in [0.2, 0.25) is 5.91 Å². The van der Waals surface area contributed by atoms with Gasteiger partial charge in [-0.05, 0) is 66.1 Å². The van der Waals surface area contributed by atoms with E-state index >= 15 is 8.78 Å². The summed E-state index contributed by atoms with van der Waals surface area (Å²) in [7, 11) is 3.90. The van der Waals surface area contributed by atoms with Gasteiger partial charge in [0.1, 0.15) is 22.8 Å². The van der Waals surface area contributed by atoms with Gasteiger partial charge in [-0.25, -0.2) is 13.6 Å². The van der Waals surface area contributed by atoms with Crippen LogP contribution >= 0.6 is 23.2 Å². The number of hydrogen-bond acceptors (Lipinski definition) is 8. The molecule has 1 heterocycles. The van der Waals surface area contributed by atoms with Gasteiger partial charge in [0.25, 0.3) is 0 Å². The number of nitrogens with zero attached hydrogens (tertiary/aromatic N) is 2. The first-order chi connectivity index (χ1) is 24.1. The van der Waals surface area contributed by atoms with Crippen LogP contribution in [0.4, 0.5) is 14.5 Å². The van der Waals surface area contributed by atoms with Crippen molar-refractivity contribution in [1.29, 1.82) is 5.26 Å². The molecular formula is C38H39Cl2F2N3O6. The molecule has 270 valence electrons. The Bertz CT molecular complexity index is 1900. The number of carbonyl (C=O) groups excluding carboxylic acids is 3. The molecule has 2 fully saturated rings. The zero-order valence-corrected chi connectivity index (χ0v) is 30.6. The van der Waals surface area contributed by atoms with Crippen molar-refractivity contribution in [3.8, 4) is 11.8 Å². The summed E-state index contributed by atoms with van der Waals surface area (Å²) >= 11 is 12.5. The fourth-order valence-corrected chi connectivity index (χ4v) is 7.80. The lowest BCUT2D eigenvalue weighted by Gasteiger charge is -2.39. The molecular weight excluding hydrogens is 703 g/mol. The third-order valence-corrected chi connectivity index (χ3v) is 10.3. The van der Waals surface area contributed by atoms with Crippen molar-refractivity contribution < 1.29 is 37.4 Å². The molecule has 5 rings (SSSR count). The van der Waals surface area contributed by atoms with Crippen molar-refractivity contribution in [1.82, 2.24) is 4.90 Å². The van der Waals surface area contributed by atoms with Crippen LogP contribution in [0.5, 0.6) is 5.75 Å². The third-order valence-electron chi connectivity index (χ3n) is 9.79. The SMILES string of the molecule is COC(=O)c1ccc(NC(=O)[C@H]2[C@H](c3cccc(Cl)c3F)[C@@](C#N)(c3ccc(Cl)cc3F)[C@H](CC(C)(C)C)N2C[C@H]2C[C@@H]2C(=O)OC)c(OC)c1. The minimum Gasteiger partial charge on any atom is -0.495 e. The lowest BCUT2D eigenvalue weighted by molar-refractivity contribution is -0.142. The van der Waals surface area contributed by atoms with E-state index in [1.165, 1.54) is 69.9 Å². The molecule has 0 aromatic heterocycles. The number of benzene rings is 3. The van der Waals surface area contributed by atoms with Crippen LogP contribution in [0.1, 0.15) is 61.0 Å². The van der Waals surface area contributed by atoms with Crippen LogP contribution in [0.2, 0.25) is 10.0 Å². The monoisotopic (exact) mass is 741 g/mol. The van der Waals surface area contributed by atoms with E-state index in [0.717, 1.165) is 6.07 Å². The van der Waals surface area contributed by atoms with E-state index in [4.69, 9.17) is 37.4 Å². The zero-order chi connectivity index (χ0) is 37.4. The summed E-state index contributed by atoms with van der Waals surface area (Å²) < 4.78 is 48.1. The van der Waals surface area contributed by atoms with Crippen LogP contribution in [0, 0.1) is 40.2 Å². The zero-order valence-electron chi connectivity index (χ0n) is 29.1. The summed E-state index contributed by atoms with van der Waals surface area (Å²) in [5, 5.41) is 14.2. The molecule has 0 unspecified atom stereocenters. The minimum absolute atomic E-state index is 0.0614. The van der Waals surface area contributed by atoms with Crippen LogP contribution in [0.15, 0.2) is 54.6 Å². The number of methoxy groups -OCH3 is 3. The topological polar surface area (TPSA) is 118 Å². The molecule has 9 nitrogen and oxygen atoms in total. The molecule has 1 saturated heterocycles. The first-order valence-corrected chi connectivity index (χ1v) is 17.1. The number of halogens is 4. The van der Waals surface area contributed by atoms with Gasteiger partial charge in [-0.3, -0.25) is 14.5 Å². The van der Waals surface area contributed by atoms with Gasteiger partial charge in [-0.1, -0.05) is 62.2 Å². The van der Waals surface area contributed by atoms with Crippen LogP contribution in [-0.4, -0.2) is 62.7 Å².